The second kappa shape index (κ2) is 4.37. The summed E-state index contributed by atoms with van der Waals surface area (Å²) in [7, 11) is 0. The van der Waals surface area contributed by atoms with Crippen molar-refractivity contribution >= 4 is 18.9 Å². The van der Waals surface area contributed by atoms with Crippen molar-refractivity contribution in [2.75, 3.05) is 0 Å². The van der Waals surface area contributed by atoms with Gasteiger partial charge in [0.05, 0.1) is 0 Å². The zero-order valence-electron chi connectivity index (χ0n) is 4.65. The molecule has 0 heterocycles. The summed E-state index contributed by atoms with van der Waals surface area (Å²) in [5, 5.41) is 0. The van der Waals surface area contributed by atoms with E-state index in [0.29, 0.717) is 6.42 Å². The summed E-state index contributed by atoms with van der Waals surface area (Å²) >= 11 is 0. The van der Waals surface area contributed by atoms with E-state index in [-0.39, 0.29) is 18.9 Å². The molecule has 0 unspecified atom stereocenters. The molecule has 0 aromatic heterocycles. The molecule has 0 saturated heterocycles. The zero-order valence-corrected chi connectivity index (χ0v) is 4.65. The van der Waals surface area contributed by atoms with E-state index in [2.05, 4.69) is 0 Å². The Bertz CT molecular complexity index is 49.7. The minimum atomic E-state index is -0.950. The molecule has 0 amide bonds. The van der Waals surface area contributed by atoms with Crippen LogP contribution >= 0.6 is 0 Å². The van der Waals surface area contributed by atoms with Crippen molar-refractivity contribution < 1.29 is 0 Å². The van der Waals surface area contributed by atoms with Gasteiger partial charge in [-0.25, -0.2) is 0 Å². The molecule has 0 spiro atoms. The summed E-state index contributed by atoms with van der Waals surface area (Å²) in [6.45, 7) is 1.99. The van der Waals surface area contributed by atoms with Crippen LogP contribution in [-0.2, 0) is 0 Å². The van der Waals surface area contributed by atoms with Gasteiger partial charge in [-0.1, -0.05) is 13.3 Å². The molecule has 0 radical (unpaired) electrons. The molecule has 0 fully saturated rings. The van der Waals surface area contributed by atoms with Crippen LogP contribution in [0.2, 0.25) is 0 Å². The van der Waals surface area contributed by atoms with E-state index in [1.165, 1.54) is 0 Å². The van der Waals surface area contributed by atoms with Crippen LogP contribution in [0.15, 0.2) is 0 Å². The van der Waals surface area contributed by atoms with E-state index in [9.17, 15) is 0 Å². The SMILES string of the molecule is CCCC(N)(N)N.[LiH]. The van der Waals surface area contributed by atoms with Crippen LogP contribution in [0.25, 0.3) is 0 Å². The molecule has 0 saturated carbocycles. The molecular weight excluding hydrogens is 97.0 g/mol. The van der Waals surface area contributed by atoms with E-state index in [4.69, 9.17) is 17.2 Å². The summed E-state index contributed by atoms with van der Waals surface area (Å²) in [6.07, 6.45) is 1.61. The first-order valence-corrected chi connectivity index (χ1v) is 2.43. The fourth-order valence-corrected chi connectivity index (χ4v) is 0.433. The Kier molecular flexibility index (Phi) is 6.16. The van der Waals surface area contributed by atoms with Crippen LogP contribution in [0, 0.1) is 0 Å². The first-order valence-electron chi connectivity index (χ1n) is 2.43. The quantitative estimate of drug-likeness (QED) is 0.305. The van der Waals surface area contributed by atoms with Crippen molar-refractivity contribution in [3.63, 3.8) is 0 Å². The maximum atomic E-state index is 5.20. The van der Waals surface area contributed by atoms with Gasteiger partial charge < -0.3 is 17.2 Å². The van der Waals surface area contributed by atoms with Gasteiger partial charge in [0.2, 0.25) is 0 Å². The summed E-state index contributed by atoms with van der Waals surface area (Å²) in [5.74, 6) is -0.950. The van der Waals surface area contributed by atoms with Crippen molar-refractivity contribution in [1.29, 1.82) is 0 Å². The second-order valence-electron chi connectivity index (χ2n) is 1.86. The summed E-state index contributed by atoms with van der Waals surface area (Å²) in [6, 6.07) is 0. The summed E-state index contributed by atoms with van der Waals surface area (Å²) in [4.78, 5) is 0. The third kappa shape index (κ3) is 9.69. The molecule has 46 valence electrons. The van der Waals surface area contributed by atoms with Crippen molar-refractivity contribution in [2.24, 2.45) is 17.2 Å². The third-order valence-corrected chi connectivity index (χ3v) is 0.683. The van der Waals surface area contributed by atoms with Crippen LogP contribution in [-0.4, -0.2) is 24.6 Å². The van der Waals surface area contributed by atoms with Crippen LogP contribution in [0.1, 0.15) is 19.8 Å². The Labute approximate surface area is 62.2 Å². The predicted molar refractivity (Wildman–Crippen MR) is 37.4 cm³/mol. The molecule has 4 heteroatoms. The van der Waals surface area contributed by atoms with Gasteiger partial charge in [0.15, 0.2) is 0 Å². The fourth-order valence-electron chi connectivity index (χ4n) is 0.433. The monoisotopic (exact) mass is 111 g/mol. The van der Waals surface area contributed by atoms with Gasteiger partial charge in [0, 0.05) is 0 Å². The van der Waals surface area contributed by atoms with E-state index in [1.54, 1.807) is 0 Å². The van der Waals surface area contributed by atoms with Crippen molar-refractivity contribution in [3.8, 4) is 0 Å². The second-order valence-corrected chi connectivity index (χ2v) is 1.86. The predicted octanol–water partition coefficient (Wildman–Crippen LogP) is -1.33. The molecule has 0 aromatic carbocycles. The fraction of sp³-hybridized carbons (Fsp3) is 1.00. The van der Waals surface area contributed by atoms with Crippen LogP contribution in [0.3, 0.4) is 0 Å². The summed E-state index contributed by atoms with van der Waals surface area (Å²) in [5.41, 5.74) is 15.6. The van der Waals surface area contributed by atoms with Crippen LogP contribution in [0.4, 0.5) is 0 Å². The molecule has 0 aromatic rings. The van der Waals surface area contributed by atoms with Crippen molar-refractivity contribution in [3.05, 3.63) is 0 Å². The van der Waals surface area contributed by atoms with Gasteiger partial charge in [-0.2, -0.15) is 0 Å². The van der Waals surface area contributed by atoms with Crippen molar-refractivity contribution in [1.82, 2.24) is 0 Å². The summed E-state index contributed by atoms with van der Waals surface area (Å²) < 4.78 is 0. The van der Waals surface area contributed by atoms with Gasteiger partial charge in [0.25, 0.3) is 0 Å². The van der Waals surface area contributed by atoms with E-state index in [0.717, 1.165) is 6.42 Å². The number of rotatable bonds is 2. The van der Waals surface area contributed by atoms with E-state index < -0.39 is 5.79 Å². The maximum absolute atomic E-state index is 5.20. The molecule has 0 aliphatic rings. The molecule has 0 aliphatic heterocycles. The van der Waals surface area contributed by atoms with Crippen LogP contribution < -0.4 is 17.2 Å². The van der Waals surface area contributed by atoms with Gasteiger partial charge in [-0.15, -0.1) is 0 Å². The normalized spacial score (nSPS) is 10.5. The van der Waals surface area contributed by atoms with Gasteiger partial charge in [-0.3, -0.25) is 0 Å². The average Bonchev–Trinajstić information content (AvgIpc) is 1.30. The Balaban J connectivity index is 0. The standard InChI is InChI=1S/C4H13N3.Li.H/c1-2-3-4(5,6)7;;/h2-3,5-7H2,1H3;;. The number of hydrogen-bond donors (Lipinski definition) is 3. The number of hydrogen-bond acceptors (Lipinski definition) is 3. The Morgan fingerprint density at radius 2 is 1.62 bits per heavy atom. The Morgan fingerprint density at radius 3 is 1.62 bits per heavy atom. The topological polar surface area (TPSA) is 78.1 Å². The first kappa shape index (κ1) is 11.3. The first-order chi connectivity index (χ1) is 3.06. The van der Waals surface area contributed by atoms with Gasteiger partial charge in [0.1, 0.15) is 5.79 Å². The number of nitrogens with two attached hydrogens (primary N) is 3. The average molecular weight is 111 g/mol. The minimum absolute atomic E-state index is 0. The van der Waals surface area contributed by atoms with Gasteiger partial charge in [-0.05, 0) is 6.42 Å². The third-order valence-electron chi connectivity index (χ3n) is 0.683. The molecule has 0 bridgehead atoms. The zero-order chi connectivity index (χ0) is 5.91. The van der Waals surface area contributed by atoms with E-state index in [1.807, 2.05) is 6.92 Å². The molecule has 8 heavy (non-hydrogen) atoms. The molecule has 0 atom stereocenters. The Morgan fingerprint density at radius 1 is 1.25 bits per heavy atom. The van der Waals surface area contributed by atoms with Gasteiger partial charge >= 0.3 is 18.9 Å². The molecule has 0 aliphatic carbocycles. The molecule has 3 nitrogen and oxygen atoms in total. The Hall–Kier alpha value is 0.477. The van der Waals surface area contributed by atoms with Crippen LogP contribution in [0.5, 0.6) is 0 Å². The molecule has 0 rings (SSSR count). The molecule has 6 N–H and O–H groups in total. The molecular formula is C4H14LiN3. The van der Waals surface area contributed by atoms with Crippen molar-refractivity contribution in [2.45, 2.75) is 25.6 Å². The van der Waals surface area contributed by atoms with E-state index >= 15 is 0 Å².